The fourth-order valence-corrected chi connectivity index (χ4v) is 4.27. The van der Waals surface area contributed by atoms with Crippen LogP contribution >= 0.6 is 0 Å². The number of nitrogens with one attached hydrogen (secondary N) is 1. The van der Waals surface area contributed by atoms with Gasteiger partial charge in [0.25, 0.3) is 5.91 Å². The highest BCUT2D eigenvalue weighted by Crippen LogP contribution is 2.39. The first-order valence-corrected chi connectivity index (χ1v) is 10.6. The molecule has 3 rings (SSSR count). The van der Waals surface area contributed by atoms with E-state index in [0.717, 1.165) is 43.2 Å². The van der Waals surface area contributed by atoms with Crippen LogP contribution in [0.5, 0.6) is 0 Å². The normalized spacial score (nSPS) is 24.4. The SMILES string of the molecule is C#Cc1ccc([C@H]2C=C(C(=O)NC3CCCC3)O[C@@H](OCC)[C@H]2CCCO)cc1. The Kier molecular flexibility index (Phi) is 7.74. The summed E-state index contributed by atoms with van der Waals surface area (Å²) in [5, 5.41) is 12.5. The lowest BCUT2D eigenvalue weighted by Gasteiger charge is -2.37. The Bertz CT molecular complexity index is 743. The predicted molar refractivity (Wildman–Crippen MR) is 112 cm³/mol. The summed E-state index contributed by atoms with van der Waals surface area (Å²) in [7, 11) is 0. The molecule has 2 aliphatic rings. The highest BCUT2D eigenvalue weighted by atomic mass is 16.7. The van der Waals surface area contributed by atoms with E-state index in [9.17, 15) is 9.90 Å². The van der Waals surface area contributed by atoms with Crippen LogP contribution in [0.4, 0.5) is 0 Å². The highest BCUT2D eigenvalue weighted by Gasteiger charge is 2.38. The zero-order valence-electron chi connectivity index (χ0n) is 17.1. The number of aliphatic hydroxyl groups is 1. The first-order chi connectivity index (χ1) is 14.2. The van der Waals surface area contributed by atoms with Gasteiger partial charge in [-0.2, -0.15) is 0 Å². The summed E-state index contributed by atoms with van der Waals surface area (Å²) < 4.78 is 11.9. The van der Waals surface area contributed by atoms with Crippen molar-refractivity contribution in [3.8, 4) is 12.3 Å². The van der Waals surface area contributed by atoms with E-state index in [1.54, 1.807) is 0 Å². The summed E-state index contributed by atoms with van der Waals surface area (Å²) in [6, 6.07) is 8.05. The van der Waals surface area contributed by atoms with Crippen molar-refractivity contribution in [2.24, 2.45) is 5.92 Å². The van der Waals surface area contributed by atoms with Gasteiger partial charge in [0.05, 0.1) is 0 Å². The predicted octanol–water partition coefficient (Wildman–Crippen LogP) is 3.48. The Morgan fingerprint density at radius 1 is 1.31 bits per heavy atom. The van der Waals surface area contributed by atoms with Crippen molar-refractivity contribution in [1.29, 1.82) is 0 Å². The van der Waals surface area contributed by atoms with Crippen molar-refractivity contribution in [2.75, 3.05) is 13.2 Å². The van der Waals surface area contributed by atoms with Gasteiger partial charge in [0.2, 0.25) is 6.29 Å². The average molecular weight is 398 g/mol. The number of hydrogen-bond donors (Lipinski definition) is 2. The van der Waals surface area contributed by atoms with E-state index in [2.05, 4.69) is 11.2 Å². The second kappa shape index (κ2) is 10.5. The maximum atomic E-state index is 12.9. The molecule has 1 amide bonds. The largest absolute Gasteiger partial charge is 0.459 e. The number of ether oxygens (including phenoxy) is 2. The molecule has 1 aliphatic heterocycles. The van der Waals surface area contributed by atoms with Gasteiger partial charge < -0.3 is 19.9 Å². The first-order valence-electron chi connectivity index (χ1n) is 10.6. The number of hydrogen-bond acceptors (Lipinski definition) is 4. The number of allylic oxidation sites excluding steroid dienone is 1. The molecule has 156 valence electrons. The lowest BCUT2D eigenvalue weighted by atomic mass is 9.80. The fraction of sp³-hybridized carbons (Fsp3) is 0.542. The maximum Gasteiger partial charge on any atom is 0.286 e. The summed E-state index contributed by atoms with van der Waals surface area (Å²) in [4.78, 5) is 12.9. The first kappa shape index (κ1) is 21.4. The van der Waals surface area contributed by atoms with Crippen LogP contribution in [0, 0.1) is 18.3 Å². The van der Waals surface area contributed by atoms with Gasteiger partial charge >= 0.3 is 0 Å². The van der Waals surface area contributed by atoms with Gasteiger partial charge in [-0.05, 0) is 56.4 Å². The lowest BCUT2D eigenvalue weighted by molar-refractivity contribution is -0.166. The van der Waals surface area contributed by atoms with Crippen molar-refractivity contribution in [3.63, 3.8) is 0 Å². The van der Waals surface area contributed by atoms with E-state index in [1.807, 2.05) is 37.3 Å². The van der Waals surface area contributed by atoms with Crippen LogP contribution in [-0.4, -0.2) is 36.6 Å². The van der Waals surface area contributed by atoms with Crippen molar-refractivity contribution in [1.82, 2.24) is 5.32 Å². The molecule has 0 bridgehead atoms. The van der Waals surface area contributed by atoms with E-state index in [4.69, 9.17) is 15.9 Å². The Balaban J connectivity index is 1.89. The van der Waals surface area contributed by atoms with Gasteiger partial charge in [-0.1, -0.05) is 30.9 Å². The number of amides is 1. The van der Waals surface area contributed by atoms with Gasteiger partial charge in [0.1, 0.15) is 0 Å². The van der Waals surface area contributed by atoms with E-state index >= 15 is 0 Å². The number of aliphatic hydroxyl groups excluding tert-OH is 1. The van der Waals surface area contributed by atoms with Crippen LogP contribution in [0.1, 0.15) is 62.5 Å². The average Bonchev–Trinajstić information content (AvgIpc) is 3.25. The van der Waals surface area contributed by atoms with Crippen molar-refractivity contribution in [2.45, 2.75) is 63.7 Å². The van der Waals surface area contributed by atoms with E-state index in [1.165, 1.54) is 0 Å². The standard InChI is InChI=1S/C24H31NO4/c1-3-17-11-13-18(14-12-17)21-16-22(23(27)25-19-8-5-6-9-19)29-24(28-4-2)20(21)10-7-15-26/h1,11-14,16,19-21,24,26H,4-10,15H2,2H3,(H,25,27)/t20-,21+,24+/m0/s1. The molecule has 0 spiro atoms. The molecule has 1 fully saturated rings. The molecule has 0 saturated heterocycles. The van der Waals surface area contributed by atoms with Crippen LogP contribution in [0.15, 0.2) is 36.1 Å². The smallest absolute Gasteiger partial charge is 0.286 e. The summed E-state index contributed by atoms with van der Waals surface area (Å²) in [5.74, 6) is 2.73. The molecule has 29 heavy (non-hydrogen) atoms. The number of carbonyl (C=O) groups excluding carboxylic acids is 1. The molecule has 0 unspecified atom stereocenters. The van der Waals surface area contributed by atoms with Crippen molar-refractivity contribution in [3.05, 3.63) is 47.2 Å². The highest BCUT2D eigenvalue weighted by molar-refractivity contribution is 5.92. The third kappa shape index (κ3) is 5.41. The molecule has 5 nitrogen and oxygen atoms in total. The zero-order valence-corrected chi connectivity index (χ0v) is 17.1. The van der Waals surface area contributed by atoms with E-state index in [0.29, 0.717) is 18.8 Å². The minimum atomic E-state index is -0.529. The van der Waals surface area contributed by atoms with Crippen LogP contribution < -0.4 is 5.32 Å². The van der Waals surface area contributed by atoms with E-state index in [-0.39, 0.29) is 30.4 Å². The van der Waals surface area contributed by atoms with Crippen LogP contribution in [0.2, 0.25) is 0 Å². The summed E-state index contributed by atoms with van der Waals surface area (Å²) in [6.07, 6.45) is 12.6. The van der Waals surface area contributed by atoms with Gasteiger partial charge in [0.15, 0.2) is 5.76 Å². The summed E-state index contributed by atoms with van der Waals surface area (Å²) in [6.45, 7) is 2.51. The Morgan fingerprint density at radius 2 is 2.03 bits per heavy atom. The van der Waals surface area contributed by atoms with Gasteiger partial charge in [0, 0.05) is 36.7 Å². The molecule has 1 heterocycles. The summed E-state index contributed by atoms with van der Waals surface area (Å²) in [5.41, 5.74) is 1.88. The maximum absolute atomic E-state index is 12.9. The lowest BCUT2D eigenvalue weighted by Crippen LogP contribution is -2.41. The second-order valence-electron chi connectivity index (χ2n) is 7.75. The van der Waals surface area contributed by atoms with Gasteiger partial charge in [-0.3, -0.25) is 4.79 Å². The molecule has 1 saturated carbocycles. The molecular weight excluding hydrogens is 366 g/mol. The third-order valence-electron chi connectivity index (χ3n) is 5.79. The number of rotatable bonds is 8. The van der Waals surface area contributed by atoms with Crippen LogP contribution in [-0.2, 0) is 14.3 Å². The fourth-order valence-electron chi connectivity index (χ4n) is 4.27. The molecule has 1 aliphatic carbocycles. The monoisotopic (exact) mass is 397 g/mol. The van der Waals surface area contributed by atoms with Gasteiger partial charge in [-0.15, -0.1) is 6.42 Å². The third-order valence-corrected chi connectivity index (χ3v) is 5.79. The minimum Gasteiger partial charge on any atom is -0.459 e. The molecule has 5 heteroatoms. The van der Waals surface area contributed by atoms with Crippen molar-refractivity contribution >= 4 is 5.91 Å². The van der Waals surface area contributed by atoms with E-state index < -0.39 is 6.29 Å². The van der Waals surface area contributed by atoms with Crippen LogP contribution in [0.3, 0.4) is 0 Å². The molecule has 1 aromatic carbocycles. The Morgan fingerprint density at radius 3 is 2.66 bits per heavy atom. The Labute approximate surface area is 173 Å². The molecule has 3 atom stereocenters. The number of terminal acetylenes is 1. The molecule has 1 aromatic rings. The number of benzene rings is 1. The van der Waals surface area contributed by atoms with Gasteiger partial charge in [-0.25, -0.2) is 0 Å². The molecular formula is C24H31NO4. The molecule has 2 N–H and O–H groups in total. The topological polar surface area (TPSA) is 67.8 Å². The van der Waals surface area contributed by atoms with Crippen LogP contribution in [0.25, 0.3) is 0 Å². The number of carbonyl (C=O) groups is 1. The second-order valence-corrected chi connectivity index (χ2v) is 7.75. The molecule has 0 radical (unpaired) electrons. The minimum absolute atomic E-state index is 0.00168. The van der Waals surface area contributed by atoms with Crippen molar-refractivity contribution < 1.29 is 19.4 Å². The Hall–Kier alpha value is -2.29. The summed E-state index contributed by atoms with van der Waals surface area (Å²) >= 11 is 0. The molecule has 0 aromatic heterocycles. The zero-order chi connectivity index (χ0) is 20.6. The quantitative estimate of drug-likeness (QED) is 0.659.